The van der Waals surface area contributed by atoms with Crippen LogP contribution in [0.2, 0.25) is 0 Å². The summed E-state index contributed by atoms with van der Waals surface area (Å²) in [4.78, 5) is 0. The molecule has 0 aliphatic heterocycles. The quantitative estimate of drug-likeness (QED) is 0.816. The summed E-state index contributed by atoms with van der Waals surface area (Å²) in [5.41, 5.74) is 1.26. The summed E-state index contributed by atoms with van der Waals surface area (Å²) in [7, 11) is 0. The van der Waals surface area contributed by atoms with E-state index < -0.39 is 0 Å². The van der Waals surface area contributed by atoms with E-state index in [4.69, 9.17) is 9.47 Å². The minimum Gasteiger partial charge on any atom is -0.490 e. The SMILES string of the molecule is CCOc1ccc(CNC2CCCC2)cc1OCC. The minimum atomic E-state index is 0.666. The van der Waals surface area contributed by atoms with Gasteiger partial charge in [0.2, 0.25) is 0 Å². The van der Waals surface area contributed by atoms with E-state index >= 15 is 0 Å². The highest BCUT2D eigenvalue weighted by molar-refractivity contribution is 5.43. The molecule has 1 N–H and O–H groups in total. The zero-order chi connectivity index (χ0) is 13.5. The Balaban J connectivity index is 1.97. The lowest BCUT2D eigenvalue weighted by Gasteiger charge is -2.15. The molecule has 0 heterocycles. The molecule has 0 bridgehead atoms. The lowest BCUT2D eigenvalue weighted by atomic mass is 10.1. The Kier molecular flexibility index (Phi) is 5.52. The highest BCUT2D eigenvalue weighted by Crippen LogP contribution is 2.28. The Morgan fingerprint density at radius 1 is 1.05 bits per heavy atom. The monoisotopic (exact) mass is 263 g/mol. The van der Waals surface area contributed by atoms with E-state index in [1.807, 2.05) is 19.9 Å². The van der Waals surface area contributed by atoms with Gasteiger partial charge in [0.1, 0.15) is 0 Å². The molecule has 0 amide bonds. The number of nitrogens with one attached hydrogen (secondary N) is 1. The van der Waals surface area contributed by atoms with Crippen molar-refractivity contribution in [3.8, 4) is 11.5 Å². The summed E-state index contributed by atoms with van der Waals surface area (Å²) in [5, 5.41) is 3.62. The fourth-order valence-corrected chi connectivity index (χ4v) is 2.60. The van der Waals surface area contributed by atoms with Gasteiger partial charge in [0.25, 0.3) is 0 Å². The topological polar surface area (TPSA) is 30.5 Å². The molecule has 1 aromatic rings. The van der Waals surface area contributed by atoms with Gasteiger partial charge in [0, 0.05) is 12.6 Å². The molecular weight excluding hydrogens is 238 g/mol. The van der Waals surface area contributed by atoms with Crippen LogP contribution in [0, 0.1) is 0 Å². The Morgan fingerprint density at radius 3 is 2.42 bits per heavy atom. The normalized spacial score (nSPS) is 15.7. The zero-order valence-electron chi connectivity index (χ0n) is 12.1. The van der Waals surface area contributed by atoms with Crippen LogP contribution in [-0.4, -0.2) is 19.3 Å². The van der Waals surface area contributed by atoms with E-state index in [1.54, 1.807) is 0 Å². The number of hydrogen-bond acceptors (Lipinski definition) is 3. The van der Waals surface area contributed by atoms with Crippen molar-refractivity contribution in [1.29, 1.82) is 0 Å². The first-order chi connectivity index (χ1) is 9.33. The average Bonchev–Trinajstić information content (AvgIpc) is 2.93. The molecule has 2 rings (SSSR count). The third-order valence-corrected chi connectivity index (χ3v) is 3.56. The predicted octanol–water partition coefficient (Wildman–Crippen LogP) is 3.52. The van der Waals surface area contributed by atoms with Crippen LogP contribution < -0.4 is 14.8 Å². The fraction of sp³-hybridized carbons (Fsp3) is 0.625. The second-order valence-corrected chi connectivity index (χ2v) is 5.01. The maximum Gasteiger partial charge on any atom is 0.161 e. The van der Waals surface area contributed by atoms with Crippen molar-refractivity contribution in [3.05, 3.63) is 23.8 Å². The molecule has 1 aliphatic rings. The van der Waals surface area contributed by atoms with Crippen molar-refractivity contribution in [3.63, 3.8) is 0 Å². The van der Waals surface area contributed by atoms with E-state index in [0.717, 1.165) is 18.0 Å². The van der Waals surface area contributed by atoms with Crippen molar-refractivity contribution in [2.24, 2.45) is 0 Å². The highest BCUT2D eigenvalue weighted by atomic mass is 16.5. The molecule has 0 aromatic heterocycles. The van der Waals surface area contributed by atoms with Gasteiger partial charge >= 0.3 is 0 Å². The molecular formula is C16H25NO2. The maximum absolute atomic E-state index is 5.65. The molecule has 0 unspecified atom stereocenters. The Morgan fingerprint density at radius 2 is 1.74 bits per heavy atom. The molecule has 1 saturated carbocycles. The van der Waals surface area contributed by atoms with E-state index in [2.05, 4.69) is 17.4 Å². The van der Waals surface area contributed by atoms with Gasteiger partial charge in [-0.15, -0.1) is 0 Å². The highest BCUT2D eigenvalue weighted by Gasteiger charge is 2.14. The van der Waals surface area contributed by atoms with Gasteiger partial charge in [-0.2, -0.15) is 0 Å². The van der Waals surface area contributed by atoms with Crippen LogP contribution in [0.3, 0.4) is 0 Å². The summed E-state index contributed by atoms with van der Waals surface area (Å²) in [6, 6.07) is 6.92. The lowest BCUT2D eigenvalue weighted by Crippen LogP contribution is -2.25. The fourth-order valence-electron chi connectivity index (χ4n) is 2.60. The summed E-state index contributed by atoms with van der Waals surface area (Å²) in [5.74, 6) is 1.70. The average molecular weight is 263 g/mol. The van der Waals surface area contributed by atoms with Gasteiger partial charge < -0.3 is 14.8 Å². The van der Waals surface area contributed by atoms with Crippen LogP contribution in [0.15, 0.2) is 18.2 Å². The molecule has 0 spiro atoms. The van der Waals surface area contributed by atoms with Crippen LogP contribution >= 0.6 is 0 Å². The Bertz CT molecular complexity index is 386. The molecule has 106 valence electrons. The number of ether oxygens (including phenoxy) is 2. The standard InChI is InChI=1S/C16H25NO2/c1-3-18-15-10-9-13(11-16(15)19-4-2)12-17-14-7-5-6-8-14/h9-11,14,17H,3-8,12H2,1-2H3. The summed E-state index contributed by atoms with van der Waals surface area (Å²) in [6.07, 6.45) is 5.36. The predicted molar refractivity (Wildman–Crippen MR) is 77.9 cm³/mol. The molecule has 19 heavy (non-hydrogen) atoms. The van der Waals surface area contributed by atoms with Gasteiger partial charge in [-0.25, -0.2) is 0 Å². The molecule has 1 fully saturated rings. The first-order valence-corrected chi connectivity index (χ1v) is 7.45. The van der Waals surface area contributed by atoms with E-state index in [0.29, 0.717) is 19.3 Å². The zero-order valence-corrected chi connectivity index (χ0v) is 12.1. The van der Waals surface area contributed by atoms with Crippen LogP contribution in [0.5, 0.6) is 11.5 Å². The lowest BCUT2D eigenvalue weighted by molar-refractivity contribution is 0.287. The number of rotatable bonds is 7. The van der Waals surface area contributed by atoms with Crippen molar-refractivity contribution >= 4 is 0 Å². The van der Waals surface area contributed by atoms with Gasteiger partial charge in [-0.05, 0) is 44.4 Å². The second kappa shape index (κ2) is 7.39. The van der Waals surface area contributed by atoms with E-state index in [-0.39, 0.29) is 0 Å². The van der Waals surface area contributed by atoms with Gasteiger partial charge in [0.15, 0.2) is 11.5 Å². The summed E-state index contributed by atoms with van der Waals surface area (Å²) >= 11 is 0. The van der Waals surface area contributed by atoms with E-state index in [9.17, 15) is 0 Å². The van der Waals surface area contributed by atoms with Gasteiger partial charge in [0.05, 0.1) is 13.2 Å². The third kappa shape index (κ3) is 4.13. The van der Waals surface area contributed by atoms with Gasteiger partial charge in [-0.1, -0.05) is 18.9 Å². The number of benzene rings is 1. The van der Waals surface area contributed by atoms with Crippen LogP contribution in [0.4, 0.5) is 0 Å². The minimum absolute atomic E-state index is 0.666. The Hall–Kier alpha value is -1.22. The molecule has 3 nitrogen and oxygen atoms in total. The molecule has 3 heteroatoms. The molecule has 0 saturated heterocycles. The summed E-state index contributed by atoms with van der Waals surface area (Å²) in [6.45, 7) is 6.24. The third-order valence-electron chi connectivity index (χ3n) is 3.56. The van der Waals surface area contributed by atoms with Crippen LogP contribution in [0.1, 0.15) is 45.1 Å². The van der Waals surface area contributed by atoms with Crippen molar-refractivity contribution < 1.29 is 9.47 Å². The van der Waals surface area contributed by atoms with Crippen molar-refractivity contribution in [1.82, 2.24) is 5.32 Å². The van der Waals surface area contributed by atoms with Crippen molar-refractivity contribution in [2.75, 3.05) is 13.2 Å². The summed E-state index contributed by atoms with van der Waals surface area (Å²) < 4.78 is 11.2. The largest absolute Gasteiger partial charge is 0.490 e. The van der Waals surface area contributed by atoms with E-state index in [1.165, 1.54) is 31.2 Å². The second-order valence-electron chi connectivity index (χ2n) is 5.01. The van der Waals surface area contributed by atoms with Crippen LogP contribution in [-0.2, 0) is 6.54 Å². The molecule has 1 aromatic carbocycles. The first kappa shape index (κ1) is 14.2. The maximum atomic E-state index is 5.65. The smallest absolute Gasteiger partial charge is 0.161 e. The van der Waals surface area contributed by atoms with Crippen molar-refractivity contribution in [2.45, 2.75) is 52.1 Å². The van der Waals surface area contributed by atoms with Crippen LogP contribution in [0.25, 0.3) is 0 Å². The number of hydrogen-bond donors (Lipinski definition) is 1. The first-order valence-electron chi connectivity index (χ1n) is 7.45. The van der Waals surface area contributed by atoms with Gasteiger partial charge in [-0.3, -0.25) is 0 Å². The molecule has 0 radical (unpaired) electrons. The Labute approximate surface area is 116 Å². The molecule has 1 aliphatic carbocycles. The molecule has 0 atom stereocenters.